The first-order valence-electron chi connectivity index (χ1n) is 7.96. The average molecular weight is 392 g/mol. The van der Waals surface area contributed by atoms with Gasteiger partial charge in [0.05, 0.1) is 0 Å². The Labute approximate surface area is 149 Å². The fraction of sp³-hybridized carbons (Fsp3) is 0.500. The lowest BCUT2D eigenvalue weighted by atomic mass is 9.98. The van der Waals surface area contributed by atoms with Gasteiger partial charge >= 0.3 is 27.5 Å². The molecule has 0 saturated heterocycles. The van der Waals surface area contributed by atoms with Gasteiger partial charge in [0.1, 0.15) is 12.7 Å². The van der Waals surface area contributed by atoms with Gasteiger partial charge in [-0.1, -0.05) is 36.8 Å². The molecule has 1 aliphatic rings. The zero-order valence-electron chi connectivity index (χ0n) is 13.7. The minimum atomic E-state index is -5.90. The van der Waals surface area contributed by atoms with Crippen LogP contribution in [0.15, 0.2) is 30.3 Å². The van der Waals surface area contributed by atoms with Gasteiger partial charge < -0.3 is 13.7 Å². The minimum Gasteiger partial charge on any atom is -0.457 e. The van der Waals surface area contributed by atoms with E-state index in [9.17, 15) is 26.8 Å². The summed E-state index contributed by atoms with van der Waals surface area (Å²) in [5, 5.41) is -5.02. The first-order valence-corrected chi connectivity index (χ1v) is 9.37. The van der Waals surface area contributed by atoms with Crippen LogP contribution in [0, 0.1) is 0 Å². The highest BCUT2D eigenvalue weighted by Gasteiger charge is 2.58. The van der Waals surface area contributed by atoms with Crippen LogP contribution in [0.25, 0.3) is 0 Å². The lowest BCUT2D eigenvalue weighted by Gasteiger charge is -2.23. The molecular weight excluding hydrogens is 374 g/mol. The van der Waals surface area contributed by atoms with Gasteiger partial charge in [0.25, 0.3) is 0 Å². The first kappa shape index (κ1) is 20.1. The summed E-state index contributed by atoms with van der Waals surface area (Å²) >= 11 is 0. The SMILES string of the molecule is O=C(OCc1ccccc1)OS(=O)(=O)C(F)(F)C(=O)OC1CCCCC1. The number of alkyl halides is 2. The van der Waals surface area contributed by atoms with Crippen molar-refractivity contribution in [3.8, 4) is 0 Å². The molecule has 0 bridgehead atoms. The lowest BCUT2D eigenvalue weighted by Crippen LogP contribution is -2.43. The molecule has 10 heteroatoms. The molecule has 1 aliphatic carbocycles. The van der Waals surface area contributed by atoms with Crippen LogP contribution < -0.4 is 0 Å². The minimum absolute atomic E-state index is 0.377. The molecule has 0 radical (unpaired) electrons. The van der Waals surface area contributed by atoms with Crippen molar-refractivity contribution in [1.82, 2.24) is 0 Å². The van der Waals surface area contributed by atoms with E-state index in [4.69, 9.17) is 0 Å². The van der Waals surface area contributed by atoms with Crippen LogP contribution in [0.4, 0.5) is 13.6 Å². The van der Waals surface area contributed by atoms with Crippen molar-refractivity contribution >= 4 is 22.2 Å². The second-order valence-electron chi connectivity index (χ2n) is 5.74. The molecule has 0 aliphatic heterocycles. The third kappa shape index (κ3) is 5.13. The van der Waals surface area contributed by atoms with Gasteiger partial charge in [0.2, 0.25) is 0 Å². The van der Waals surface area contributed by atoms with Crippen LogP contribution in [0.1, 0.15) is 37.7 Å². The quantitative estimate of drug-likeness (QED) is 0.542. The second-order valence-corrected chi connectivity index (χ2v) is 7.33. The summed E-state index contributed by atoms with van der Waals surface area (Å²) in [6.45, 7) is -0.382. The standard InChI is InChI=1S/C16H18F2O7S/c17-16(18,14(19)24-13-9-5-2-6-10-13)26(21,22)25-15(20)23-11-12-7-3-1-4-8-12/h1,3-4,7-8,13H,2,5-6,9-11H2. The van der Waals surface area contributed by atoms with Crippen LogP contribution in [-0.4, -0.2) is 31.9 Å². The number of carbonyl (C=O) groups is 2. The number of hydrogen-bond acceptors (Lipinski definition) is 7. The Balaban J connectivity index is 1.93. The topological polar surface area (TPSA) is 96.0 Å². The number of halogens is 2. The normalized spacial score (nSPS) is 15.9. The van der Waals surface area contributed by atoms with E-state index in [2.05, 4.69) is 13.7 Å². The summed E-state index contributed by atoms with van der Waals surface area (Å²) in [5.74, 6) is -2.26. The third-order valence-electron chi connectivity index (χ3n) is 3.75. The maximum Gasteiger partial charge on any atom is 0.524 e. The van der Waals surface area contributed by atoms with E-state index in [0.717, 1.165) is 6.42 Å². The van der Waals surface area contributed by atoms with Crippen LogP contribution in [0.5, 0.6) is 0 Å². The van der Waals surface area contributed by atoms with Gasteiger partial charge in [-0.15, -0.1) is 0 Å². The van der Waals surface area contributed by atoms with Crippen LogP contribution in [0.2, 0.25) is 0 Å². The molecule has 2 rings (SSSR count). The zero-order valence-corrected chi connectivity index (χ0v) is 14.5. The summed E-state index contributed by atoms with van der Waals surface area (Å²) in [6.07, 6.45) is 0.390. The lowest BCUT2D eigenvalue weighted by molar-refractivity contribution is -0.168. The molecule has 0 spiro atoms. The first-order chi connectivity index (χ1) is 12.2. The van der Waals surface area contributed by atoms with Gasteiger partial charge in [-0.2, -0.15) is 17.2 Å². The van der Waals surface area contributed by atoms with Crippen molar-refractivity contribution in [2.75, 3.05) is 0 Å². The number of rotatable bonds is 6. The van der Waals surface area contributed by atoms with E-state index in [0.29, 0.717) is 31.2 Å². The zero-order chi connectivity index (χ0) is 19.2. The molecule has 7 nitrogen and oxygen atoms in total. The van der Waals surface area contributed by atoms with E-state index < -0.39 is 33.6 Å². The van der Waals surface area contributed by atoms with Gasteiger partial charge in [0, 0.05) is 0 Å². The fourth-order valence-corrected chi connectivity index (χ4v) is 2.97. The molecule has 1 saturated carbocycles. The van der Waals surface area contributed by atoms with Crippen molar-refractivity contribution in [1.29, 1.82) is 0 Å². The number of benzene rings is 1. The van der Waals surface area contributed by atoms with E-state index in [1.165, 1.54) is 0 Å². The monoisotopic (exact) mass is 392 g/mol. The highest BCUT2D eigenvalue weighted by molar-refractivity contribution is 7.89. The highest BCUT2D eigenvalue weighted by Crippen LogP contribution is 2.29. The number of hydrogen-bond donors (Lipinski definition) is 0. The smallest absolute Gasteiger partial charge is 0.457 e. The third-order valence-corrected chi connectivity index (χ3v) is 4.90. The number of esters is 1. The summed E-state index contributed by atoms with van der Waals surface area (Å²) in [5.41, 5.74) is 0.491. The molecule has 1 fully saturated rings. The molecule has 144 valence electrons. The summed E-state index contributed by atoms with van der Waals surface area (Å²) < 4.78 is 63.6. The Morgan fingerprint density at radius 2 is 1.69 bits per heavy atom. The maximum absolute atomic E-state index is 13.9. The van der Waals surface area contributed by atoms with E-state index in [-0.39, 0.29) is 6.61 Å². The molecule has 26 heavy (non-hydrogen) atoms. The number of ether oxygens (including phenoxy) is 2. The van der Waals surface area contributed by atoms with Crippen molar-refractivity contribution in [2.24, 2.45) is 0 Å². The molecular formula is C16H18F2O7S. The molecule has 0 N–H and O–H groups in total. The molecule has 0 unspecified atom stereocenters. The van der Waals surface area contributed by atoms with Gasteiger partial charge in [-0.25, -0.2) is 9.59 Å². The summed E-state index contributed by atoms with van der Waals surface area (Å²) in [6, 6.07) is 8.10. The maximum atomic E-state index is 13.9. The van der Waals surface area contributed by atoms with Crippen LogP contribution in [0.3, 0.4) is 0 Å². The Kier molecular flexibility index (Phi) is 6.52. The predicted molar refractivity (Wildman–Crippen MR) is 84.5 cm³/mol. The van der Waals surface area contributed by atoms with E-state index >= 15 is 0 Å². The van der Waals surface area contributed by atoms with Crippen molar-refractivity contribution in [3.63, 3.8) is 0 Å². The number of carbonyl (C=O) groups excluding carboxylic acids is 2. The molecule has 0 amide bonds. The summed E-state index contributed by atoms with van der Waals surface area (Å²) in [4.78, 5) is 22.9. The van der Waals surface area contributed by atoms with Crippen molar-refractivity contribution in [2.45, 2.75) is 50.1 Å². The summed E-state index contributed by atoms with van der Waals surface area (Å²) in [7, 11) is -5.90. The van der Waals surface area contributed by atoms with E-state index in [1.807, 2.05) is 0 Å². The van der Waals surface area contributed by atoms with E-state index in [1.54, 1.807) is 30.3 Å². The molecule has 1 aromatic carbocycles. The van der Waals surface area contributed by atoms with Crippen LogP contribution in [-0.2, 0) is 35.2 Å². The van der Waals surface area contributed by atoms with Gasteiger partial charge in [0.15, 0.2) is 0 Å². The Hall–Kier alpha value is -2.23. The van der Waals surface area contributed by atoms with Gasteiger partial charge in [-0.3, -0.25) is 0 Å². The Morgan fingerprint density at radius 1 is 1.08 bits per heavy atom. The molecule has 0 heterocycles. The van der Waals surface area contributed by atoms with Gasteiger partial charge in [-0.05, 0) is 31.2 Å². The largest absolute Gasteiger partial charge is 0.524 e. The predicted octanol–water partition coefficient (Wildman–Crippen LogP) is 3.14. The molecule has 1 aromatic rings. The second kappa shape index (κ2) is 8.43. The fourth-order valence-electron chi connectivity index (χ4n) is 2.39. The molecule has 0 aromatic heterocycles. The van der Waals surface area contributed by atoms with Crippen LogP contribution >= 0.6 is 0 Å². The Morgan fingerprint density at radius 3 is 2.31 bits per heavy atom. The van der Waals surface area contributed by atoms with Crippen molar-refractivity contribution < 1.29 is 40.4 Å². The Bertz CT molecular complexity index is 728. The average Bonchev–Trinajstić information content (AvgIpc) is 2.61. The highest BCUT2D eigenvalue weighted by atomic mass is 32.2. The van der Waals surface area contributed by atoms with Crippen molar-refractivity contribution in [3.05, 3.63) is 35.9 Å². The molecule has 0 atom stereocenters.